The lowest BCUT2D eigenvalue weighted by atomic mass is 9.93. The van der Waals surface area contributed by atoms with E-state index in [2.05, 4.69) is 9.80 Å². The first-order chi connectivity index (χ1) is 13.8. The lowest BCUT2D eigenvalue weighted by Crippen LogP contribution is -2.52. The molecule has 1 N–H and O–H groups in total. The van der Waals surface area contributed by atoms with Crippen molar-refractivity contribution in [1.29, 1.82) is 0 Å². The summed E-state index contributed by atoms with van der Waals surface area (Å²) in [5, 5.41) is 10.0. The normalized spacial score (nSPS) is 16.9. The number of nitrogens with zero attached hydrogens (tertiary/aromatic N) is 3. The molecule has 1 fully saturated rings. The van der Waals surface area contributed by atoms with Crippen LogP contribution in [0.2, 0.25) is 5.02 Å². The largest absolute Gasteiger partial charge is 0.481 e. The fraction of sp³-hybridized carbons (Fsp3) is 0.364. The van der Waals surface area contributed by atoms with Crippen LogP contribution in [0.25, 0.3) is 0 Å². The summed E-state index contributed by atoms with van der Waals surface area (Å²) in [6.07, 6.45) is 0. The number of para-hydroxylation sites is 2. The van der Waals surface area contributed by atoms with Gasteiger partial charge in [0.2, 0.25) is 0 Å². The Bertz CT molecular complexity index is 966. The zero-order valence-electron chi connectivity index (χ0n) is 16.6. The minimum Gasteiger partial charge on any atom is -0.481 e. The quantitative estimate of drug-likeness (QED) is 0.814. The van der Waals surface area contributed by atoms with Gasteiger partial charge in [0.05, 0.1) is 11.0 Å². The number of carbonyl (C=O) groups is 1. The van der Waals surface area contributed by atoms with E-state index in [1.807, 2.05) is 42.5 Å². The van der Waals surface area contributed by atoms with Crippen LogP contribution in [-0.4, -0.2) is 59.4 Å². The first-order valence-electron chi connectivity index (χ1n) is 9.70. The number of carboxylic acid groups (broad SMARTS) is 1. The van der Waals surface area contributed by atoms with Crippen molar-refractivity contribution < 1.29 is 14.6 Å². The van der Waals surface area contributed by atoms with Gasteiger partial charge in [-0.3, -0.25) is 9.69 Å². The Morgan fingerprint density at radius 1 is 1.14 bits per heavy atom. The van der Waals surface area contributed by atoms with Gasteiger partial charge in [-0.1, -0.05) is 23.7 Å². The zero-order chi connectivity index (χ0) is 20.6. The highest BCUT2D eigenvalue weighted by Crippen LogP contribution is 2.39. The first kappa shape index (κ1) is 19.7. The molecule has 0 saturated carbocycles. The van der Waals surface area contributed by atoms with Crippen molar-refractivity contribution in [1.82, 2.24) is 9.80 Å². The number of hydrogen-bond acceptors (Lipinski definition) is 5. The van der Waals surface area contributed by atoms with E-state index in [1.54, 1.807) is 13.8 Å². The van der Waals surface area contributed by atoms with Crippen LogP contribution in [0.15, 0.2) is 47.5 Å². The summed E-state index contributed by atoms with van der Waals surface area (Å²) in [5.74, 6) is 1.51. The van der Waals surface area contributed by atoms with Gasteiger partial charge in [0.1, 0.15) is 17.3 Å². The van der Waals surface area contributed by atoms with E-state index < -0.39 is 11.4 Å². The fourth-order valence-corrected chi connectivity index (χ4v) is 3.85. The number of carboxylic acids is 1. The van der Waals surface area contributed by atoms with Gasteiger partial charge in [-0.15, -0.1) is 0 Å². The van der Waals surface area contributed by atoms with Crippen LogP contribution in [0.5, 0.6) is 11.5 Å². The number of aliphatic carboxylic acids is 1. The van der Waals surface area contributed by atoms with E-state index in [0.29, 0.717) is 17.3 Å². The maximum absolute atomic E-state index is 11.4. The Kier molecular flexibility index (Phi) is 5.23. The molecule has 0 aromatic heterocycles. The predicted octanol–water partition coefficient (Wildman–Crippen LogP) is 4.25. The van der Waals surface area contributed by atoms with Crippen LogP contribution in [0.4, 0.5) is 5.69 Å². The van der Waals surface area contributed by atoms with Crippen LogP contribution in [0, 0.1) is 5.41 Å². The second-order valence-electron chi connectivity index (χ2n) is 8.10. The number of hydrogen-bond donors (Lipinski definition) is 1. The summed E-state index contributed by atoms with van der Waals surface area (Å²) >= 11 is 6.28. The van der Waals surface area contributed by atoms with Crippen molar-refractivity contribution in [3.05, 3.63) is 53.1 Å². The summed E-state index contributed by atoms with van der Waals surface area (Å²) in [5.41, 5.74) is 0.881. The highest BCUT2D eigenvalue weighted by Gasteiger charge is 2.32. The summed E-state index contributed by atoms with van der Waals surface area (Å²) in [4.78, 5) is 20.8. The standard InChI is InChI=1S/C22H24ClN3O3/c1-22(2,21(27)28)14-25-9-11-26(12-10-25)20-16-13-15(23)7-8-18(16)29-19-6-4-3-5-17(19)24-20/h3-8,13H,9-12,14H2,1-2H3,(H,27,28). The molecule has 2 aliphatic rings. The summed E-state index contributed by atoms with van der Waals surface area (Å²) in [6, 6.07) is 13.3. The van der Waals surface area contributed by atoms with Crippen LogP contribution in [-0.2, 0) is 4.79 Å². The minimum absolute atomic E-state index is 0.525. The summed E-state index contributed by atoms with van der Waals surface area (Å²) in [7, 11) is 0. The molecule has 2 aromatic carbocycles. The van der Waals surface area contributed by atoms with Gasteiger partial charge in [-0.25, -0.2) is 4.99 Å². The average molecular weight is 414 g/mol. The lowest BCUT2D eigenvalue weighted by molar-refractivity contribution is -0.148. The smallest absolute Gasteiger partial charge is 0.310 e. The minimum atomic E-state index is -0.773. The molecule has 0 amide bonds. The Morgan fingerprint density at radius 2 is 1.86 bits per heavy atom. The highest BCUT2D eigenvalue weighted by molar-refractivity contribution is 6.31. The van der Waals surface area contributed by atoms with Crippen LogP contribution in [0.3, 0.4) is 0 Å². The molecule has 2 aliphatic heterocycles. The van der Waals surface area contributed by atoms with Crippen LogP contribution < -0.4 is 4.74 Å². The number of rotatable bonds is 3. The number of halogens is 1. The van der Waals surface area contributed by atoms with E-state index >= 15 is 0 Å². The molecule has 0 atom stereocenters. The molecule has 1 saturated heterocycles. The molecule has 2 heterocycles. The van der Waals surface area contributed by atoms with Gasteiger partial charge in [0, 0.05) is 37.7 Å². The molecule has 4 rings (SSSR count). The molecule has 0 aliphatic carbocycles. The van der Waals surface area contributed by atoms with E-state index in [0.717, 1.165) is 49.0 Å². The predicted molar refractivity (Wildman–Crippen MR) is 114 cm³/mol. The Labute approximate surface area is 175 Å². The number of fused-ring (bicyclic) bond motifs is 2. The van der Waals surface area contributed by atoms with E-state index in [-0.39, 0.29) is 0 Å². The van der Waals surface area contributed by atoms with Gasteiger partial charge in [-0.05, 0) is 44.2 Å². The molecule has 0 bridgehead atoms. The molecule has 0 radical (unpaired) electrons. The third-order valence-electron chi connectivity index (χ3n) is 5.36. The maximum Gasteiger partial charge on any atom is 0.310 e. The monoisotopic (exact) mass is 413 g/mol. The van der Waals surface area contributed by atoms with Crippen molar-refractivity contribution >= 4 is 29.1 Å². The number of amidine groups is 1. The third-order valence-corrected chi connectivity index (χ3v) is 5.60. The number of ether oxygens (including phenoxy) is 1. The SMILES string of the molecule is CC(C)(CN1CCN(C2=Nc3ccccc3Oc3ccc(Cl)cc32)CC1)C(=O)O. The first-order valence-corrected chi connectivity index (χ1v) is 10.1. The molecular weight excluding hydrogens is 390 g/mol. The van der Waals surface area contributed by atoms with E-state index in [9.17, 15) is 9.90 Å². The average Bonchev–Trinajstić information content (AvgIpc) is 2.85. The fourth-order valence-electron chi connectivity index (χ4n) is 3.68. The Morgan fingerprint density at radius 3 is 2.59 bits per heavy atom. The molecule has 6 nitrogen and oxygen atoms in total. The maximum atomic E-state index is 11.4. The van der Waals surface area contributed by atoms with Gasteiger partial charge in [0.25, 0.3) is 0 Å². The van der Waals surface area contributed by atoms with Crippen molar-refractivity contribution in [2.24, 2.45) is 10.4 Å². The Balaban J connectivity index is 1.60. The zero-order valence-corrected chi connectivity index (χ0v) is 17.3. The lowest BCUT2D eigenvalue weighted by Gasteiger charge is -2.39. The van der Waals surface area contributed by atoms with Gasteiger partial charge in [-0.2, -0.15) is 0 Å². The molecule has 7 heteroatoms. The highest BCUT2D eigenvalue weighted by atomic mass is 35.5. The topological polar surface area (TPSA) is 65.4 Å². The van der Waals surface area contributed by atoms with E-state index in [4.69, 9.17) is 21.3 Å². The molecular formula is C22H24ClN3O3. The van der Waals surface area contributed by atoms with Gasteiger partial charge < -0.3 is 14.7 Å². The summed E-state index contributed by atoms with van der Waals surface area (Å²) < 4.78 is 6.12. The van der Waals surface area contributed by atoms with Crippen molar-refractivity contribution in [3.63, 3.8) is 0 Å². The number of aliphatic imine (C=N–C) groups is 1. The van der Waals surface area contributed by atoms with Crippen LogP contribution in [0.1, 0.15) is 19.4 Å². The number of benzene rings is 2. The molecule has 2 aromatic rings. The second-order valence-corrected chi connectivity index (χ2v) is 8.53. The van der Waals surface area contributed by atoms with Crippen molar-refractivity contribution in [3.8, 4) is 11.5 Å². The van der Waals surface area contributed by atoms with Crippen LogP contribution >= 0.6 is 11.6 Å². The van der Waals surface area contributed by atoms with Gasteiger partial charge >= 0.3 is 5.97 Å². The van der Waals surface area contributed by atoms with E-state index in [1.165, 1.54) is 0 Å². The van der Waals surface area contributed by atoms with Crippen molar-refractivity contribution in [2.45, 2.75) is 13.8 Å². The second kappa shape index (κ2) is 7.69. The Hall–Kier alpha value is -2.57. The molecule has 152 valence electrons. The number of piperazine rings is 1. The summed E-state index contributed by atoms with van der Waals surface area (Å²) in [6.45, 7) is 7.11. The van der Waals surface area contributed by atoms with Gasteiger partial charge in [0.15, 0.2) is 5.75 Å². The molecule has 29 heavy (non-hydrogen) atoms. The third kappa shape index (κ3) is 4.09. The van der Waals surface area contributed by atoms with Crippen molar-refractivity contribution in [2.75, 3.05) is 32.7 Å². The molecule has 0 spiro atoms. The molecule has 0 unspecified atom stereocenters.